The van der Waals surface area contributed by atoms with E-state index in [4.69, 9.17) is 4.74 Å². The number of nitrogens with one attached hydrogen (secondary N) is 1. The number of imidazole rings is 1. The number of aromatic amines is 1. The number of aryl methyl sites for hydroxylation is 2. The minimum atomic E-state index is -0.160. The first-order valence-corrected chi connectivity index (χ1v) is 5.54. The zero-order valence-corrected chi connectivity index (χ0v) is 10.3. The summed E-state index contributed by atoms with van der Waals surface area (Å²) in [7, 11) is 1.56. The molecule has 92 valence electrons. The molecule has 0 spiro atoms. The van der Waals surface area contributed by atoms with Gasteiger partial charge in [0.05, 0.1) is 18.3 Å². The van der Waals surface area contributed by atoms with E-state index in [1.807, 2.05) is 13.8 Å². The van der Waals surface area contributed by atoms with Crippen LogP contribution in [0.25, 0.3) is 16.7 Å². The van der Waals surface area contributed by atoms with Gasteiger partial charge >= 0.3 is 0 Å². The molecule has 0 saturated carbocycles. The van der Waals surface area contributed by atoms with E-state index in [9.17, 15) is 4.79 Å². The predicted molar refractivity (Wildman–Crippen MR) is 67.1 cm³/mol. The normalized spacial score (nSPS) is 11.3. The molecule has 0 radical (unpaired) electrons. The van der Waals surface area contributed by atoms with Crippen molar-refractivity contribution in [1.82, 2.24) is 19.4 Å². The molecule has 0 saturated heterocycles. The standard InChI is InChI=1S/C12H12N4O2/c1-6-10-12(17)14-8-4-5-9(18-3)15-11(8)16(10)7(2)13-6/h4-5H,1-3H3,(H,14,17). The van der Waals surface area contributed by atoms with Crippen LogP contribution in [0.4, 0.5) is 0 Å². The van der Waals surface area contributed by atoms with Gasteiger partial charge < -0.3 is 9.72 Å². The van der Waals surface area contributed by atoms with Crippen molar-refractivity contribution in [1.29, 1.82) is 0 Å². The zero-order chi connectivity index (χ0) is 12.9. The molecule has 18 heavy (non-hydrogen) atoms. The number of fused-ring (bicyclic) bond motifs is 3. The predicted octanol–water partition coefficient (Wildman–Crippen LogP) is 1.20. The summed E-state index contributed by atoms with van der Waals surface area (Å²) in [6.45, 7) is 3.66. The topological polar surface area (TPSA) is 72.3 Å². The van der Waals surface area contributed by atoms with Crippen LogP contribution in [0.1, 0.15) is 11.5 Å². The molecule has 0 amide bonds. The summed E-state index contributed by atoms with van der Waals surface area (Å²) in [6.07, 6.45) is 0. The van der Waals surface area contributed by atoms with Gasteiger partial charge in [0, 0.05) is 6.07 Å². The third-order valence-electron chi connectivity index (χ3n) is 2.95. The summed E-state index contributed by atoms with van der Waals surface area (Å²) in [5.41, 5.74) is 2.37. The molecule has 0 bridgehead atoms. The lowest BCUT2D eigenvalue weighted by molar-refractivity contribution is 0.399. The first-order valence-electron chi connectivity index (χ1n) is 5.54. The van der Waals surface area contributed by atoms with Gasteiger partial charge in [0.25, 0.3) is 5.56 Å². The maximum Gasteiger partial charge on any atom is 0.274 e. The van der Waals surface area contributed by atoms with Crippen LogP contribution in [0, 0.1) is 13.8 Å². The molecule has 0 aliphatic carbocycles. The maximum atomic E-state index is 12.0. The Morgan fingerprint density at radius 3 is 2.78 bits per heavy atom. The molecule has 0 fully saturated rings. The van der Waals surface area contributed by atoms with E-state index in [0.717, 1.165) is 5.82 Å². The van der Waals surface area contributed by atoms with Crippen molar-refractivity contribution in [2.45, 2.75) is 13.8 Å². The monoisotopic (exact) mass is 244 g/mol. The Balaban J connectivity index is 2.61. The molecule has 6 nitrogen and oxygen atoms in total. The SMILES string of the molecule is COc1ccc2[nH]c(=O)c3c(C)nc(C)n3c2n1. The van der Waals surface area contributed by atoms with E-state index >= 15 is 0 Å². The molecule has 6 heteroatoms. The summed E-state index contributed by atoms with van der Waals surface area (Å²) in [5.74, 6) is 1.24. The molecule has 0 unspecified atom stereocenters. The van der Waals surface area contributed by atoms with Crippen LogP contribution in [0.15, 0.2) is 16.9 Å². The van der Waals surface area contributed by atoms with Crippen molar-refractivity contribution < 1.29 is 4.74 Å². The largest absolute Gasteiger partial charge is 0.481 e. The highest BCUT2D eigenvalue weighted by molar-refractivity contribution is 5.75. The first-order chi connectivity index (χ1) is 8.61. The van der Waals surface area contributed by atoms with Crippen molar-refractivity contribution in [2.75, 3.05) is 7.11 Å². The third kappa shape index (κ3) is 1.32. The van der Waals surface area contributed by atoms with E-state index < -0.39 is 0 Å². The Labute approximate surface area is 102 Å². The summed E-state index contributed by atoms with van der Waals surface area (Å²) >= 11 is 0. The average Bonchev–Trinajstić information content (AvgIpc) is 2.65. The number of ether oxygens (including phenoxy) is 1. The van der Waals surface area contributed by atoms with Crippen LogP contribution in [-0.2, 0) is 0 Å². The summed E-state index contributed by atoms with van der Waals surface area (Å²) in [6, 6.07) is 3.49. The third-order valence-corrected chi connectivity index (χ3v) is 2.95. The van der Waals surface area contributed by atoms with Crippen LogP contribution in [0.5, 0.6) is 5.88 Å². The number of H-pyrrole nitrogens is 1. The van der Waals surface area contributed by atoms with Gasteiger partial charge in [-0.25, -0.2) is 4.98 Å². The molecule has 0 aromatic carbocycles. The van der Waals surface area contributed by atoms with Gasteiger partial charge in [-0.05, 0) is 19.9 Å². The van der Waals surface area contributed by atoms with E-state index in [-0.39, 0.29) is 5.56 Å². The fourth-order valence-corrected chi connectivity index (χ4v) is 2.19. The lowest BCUT2D eigenvalue weighted by atomic mass is 10.3. The number of methoxy groups -OCH3 is 1. The van der Waals surface area contributed by atoms with Gasteiger partial charge in [0.2, 0.25) is 5.88 Å². The van der Waals surface area contributed by atoms with Crippen LogP contribution in [0.2, 0.25) is 0 Å². The number of hydrogen-bond acceptors (Lipinski definition) is 4. The minimum absolute atomic E-state index is 0.160. The molecule has 3 heterocycles. The van der Waals surface area contributed by atoms with Crippen LogP contribution in [-0.4, -0.2) is 26.5 Å². The molecule has 3 aromatic rings. The number of pyridine rings is 1. The number of hydrogen-bond donors (Lipinski definition) is 1. The lowest BCUT2D eigenvalue weighted by Gasteiger charge is -2.05. The highest BCUT2D eigenvalue weighted by Crippen LogP contribution is 2.17. The smallest absolute Gasteiger partial charge is 0.274 e. The number of rotatable bonds is 1. The maximum absolute atomic E-state index is 12.0. The van der Waals surface area contributed by atoms with Crippen molar-refractivity contribution in [3.8, 4) is 5.88 Å². The van der Waals surface area contributed by atoms with Gasteiger partial charge in [-0.2, -0.15) is 4.98 Å². The lowest BCUT2D eigenvalue weighted by Crippen LogP contribution is -2.12. The number of nitrogens with zero attached hydrogens (tertiary/aromatic N) is 3. The van der Waals surface area contributed by atoms with Gasteiger partial charge in [-0.1, -0.05) is 0 Å². The second-order valence-corrected chi connectivity index (χ2v) is 4.11. The Morgan fingerprint density at radius 1 is 1.28 bits per heavy atom. The first kappa shape index (κ1) is 10.8. The Bertz CT molecular complexity index is 816. The van der Waals surface area contributed by atoms with Gasteiger partial charge in [-0.3, -0.25) is 9.20 Å². The molecule has 1 N–H and O–H groups in total. The highest BCUT2D eigenvalue weighted by atomic mass is 16.5. The molecule has 0 atom stereocenters. The molecular weight excluding hydrogens is 232 g/mol. The van der Waals surface area contributed by atoms with Crippen molar-refractivity contribution in [3.05, 3.63) is 34.0 Å². The molecule has 3 aromatic heterocycles. The van der Waals surface area contributed by atoms with Gasteiger partial charge in [-0.15, -0.1) is 0 Å². The summed E-state index contributed by atoms with van der Waals surface area (Å²) < 4.78 is 6.87. The molecule has 3 rings (SSSR count). The Morgan fingerprint density at radius 2 is 2.06 bits per heavy atom. The van der Waals surface area contributed by atoms with Gasteiger partial charge in [0.15, 0.2) is 5.65 Å². The van der Waals surface area contributed by atoms with Crippen LogP contribution in [0.3, 0.4) is 0 Å². The second-order valence-electron chi connectivity index (χ2n) is 4.11. The molecular formula is C12H12N4O2. The van der Waals surface area contributed by atoms with Gasteiger partial charge in [0.1, 0.15) is 11.3 Å². The average molecular weight is 244 g/mol. The Hall–Kier alpha value is -2.37. The fourth-order valence-electron chi connectivity index (χ4n) is 2.19. The second kappa shape index (κ2) is 3.56. The Kier molecular flexibility index (Phi) is 2.13. The van der Waals surface area contributed by atoms with E-state index in [2.05, 4.69) is 15.0 Å². The van der Waals surface area contributed by atoms with Crippen molar-refractivity contribution in [2.24, 2.45) is 0 Å². The minimum Gasteiger partial charge on any atom is -0.481 e. The van der Waals surface area contributed by atoms with Crippen LogP contribution < -0.4 is 10.3 Å². The van der Waals surface area contributed by atoms with E-state index in [0.29, 0.717) is 28.3 Å². The quantitative estimate of drug-likeness (QED) is 0.698. The zero-order valence-electron chi connectivity index (χ0n) is 10.3. The van der Waals surface area contributed by atoms with E-state index in [1.54, 1.807) is 23.6 Å². The van der Waals surface area contributed by atoms with Crippen molar-refractivity contribution >= 4 is 16.7 Å². The summed E-state index contributed by atoms with van der Waals surface area (Å²) in [5, 5.41) is 0. The highest BCUT2D eigenvalue weighted by Gasteiger charge is 2.13. The van der Waals surface area contributed by atoms with E-state index in [1.165, 1.54) is 0 Å². The molecule has 0 aliphatic rings. The molecule has 0 aliphatic heterocycles. The summed E-state index contributed by atoms with van der Waals surface area (Å²) in [4.78, 5) is 23.5. The fraction of sp³-hybridized carbons (Fsp3) is 0.250. The van der Waals surface area contributed by atoms with Crippen LogP contribution >= 0.6 is 0 Å². The van der Waals surface area contributed by atoms with Crippen molar-refractivity contribution in [3.63, 3.8) is 0 Å². The number of aromatic nitrogens is 4.